The first-order valence-electron chi connectivity index (χ1n) is 5.11. The van der Waals surface area contributed by atoms with Crippen molar-refractivity contribution in [2.24, 2.45) is 0 Å². The number of carboxylic acid groups (broad SMARTS) is 1. The third-order valence-electron chi connectivity index (χ3n) is 2.46. The normalized spacial score (nSPS) is 18.9. The average Bonchev–Trinajstić information content (AvgIpc) is 2.53. The second kappa shape index (κ2) is 4.44. The quantitative estimate of drug-likeness (QED) is 0.776. The van der Waals surface area contributed by atoms with E-state index in [4.69, 9.17) is 5.11 Å². The minimum atomic E-state index is -1.20. The molecule has 1 unspecified atom stereocenters. The summed E-state index contributed by atoms with van der Waals surface area (Å²) in [7, 11) is 0. The number of carboxylic acids is 1. The first kappa shape index (κ1) is 12.0. The summed E-state index contributed by atoms with van der Waals surface area (Å²) in [4.78, 5) is 34.6. The second-order valence-electron chi connectivity index (χ2n) is 3.75. The fourth-order valence-electron chi connectivity index (χ4n) is 1.70. The van der Waals surface area contributed by atoms with Crippen molar-refractivity contribution in [2.45, 2.75) is 12.5 Å². The maximum absolute atomic E-state index is 13.0. The maximum atomic E-state index is 13.0. The molecule has 1 aliphatic heterocycles. The molecule has 1 aromatic carbocycles. The summed E-state index contributed by atoms with van der Waals surface area (Å²) < 4.78 is 13.0. The lowest BCUT2D eigenvalue weighted by atomic mass is 10.2. The summed E-state index contributed by atoms with van der Waals surface area (Å²) in [5.74, 6) is -2.49. The summed E-state index contributed by atoms with van der Waals surface area (Å²) in [6.07, 6.45) is -0.504. The van der Waals surface area contributed by atoms with Crippen LogP contribution in [0.1, 0.15) is 6.42 Å². The Bertz CT molecular complexity index is 532. The molecule has 1 aliphatic rings. The Morgan fingerprint density at radius 2 is 2.17 bits per heavy atom. The van der Waals surface area contributed by atoms with Gasteiger partial charge in [-0.2, -0.15) is 0 Å². The van der Waals surface area contributed by atoms with E-state index in [2.05, 4.69) is 5.32 Å². The summed E-state index contributed by atoms with van der Waals surface area (Å²) in [6.45, 7) is 0. The van der Waals surface area contributed by atoms with E-state index in [1.165, 1.54) is 18.2 Å². The molecule has 1 aromatic rings. The molecular weight excluding hydrogens is 243 g/mol. The highest BCUT2D eigenvalue weighted by molar-refractivity contribution is 6.21. The molecule has 18 heavy (non-hydrogen) atoms. The van der Waals surface area contributed by atoms with Gasteiger partial charge < -0.3 is 10.4 Å². The highest BCUT2D eigenvalue weighted by atomic mass is 19.1. The summed E-state index contributed by atoms with van der Waals surface area (Å²) in [6, 6.07) is 3.09. The van der Waals surface area contributed by atoms with Gasteiger partial charge in [0.1, 0.15) is 11.9 Å². The van der Waals surface area contributed by atoms with Gasteiger partial charge in [-0.3, -0.25) is 9.59 Å². The molecule has 1 atom stereocenters. The van der Waals surface area contributed by atoms with Gasteiger partial charge in [0.15, 0.2) is 0 Å². The third-order valence-corrected chi connectivity index (χ3v) is 2.46. The van der Waals surface area contributed by atoms with Gasteiger partial charge in [-0.15, -0.1) is 0 Å². The van der Waals surface area contributed by atoms with Gasteiger partial charge in [0.05, 0.1) is 12.1 Å². The number of amides is 3. The molecule has 1 heterocycles. The molecule has 2 rings (SSSR count). The number of urea groups is 1. The van der Waals surface area contributed by atoms with Crippen molar-refractivity contribution in [3.05, 3.63) is 30.1 Å². The van der Waals surface area contributed by atoms with Crippen molar-refractivity contribution >= 4 is 23.6 Å². The molecule has 0 aliphatic carbocycles. The number of carbonyl (C=O) groups excluding carboxylic acids is 2. The molecule has 0 spiro atoms. The van der Waals surface area contributed by atoms with Gasteiger partial charge in [-0.05, 0) is 18.2 Å². The van der Waals surface area contributed by atoms with Crippen LogP contribution in [0.15, 0.2) is 24.3 Å². The molecule has 7 heteroatoms. The van der Waals surface area contributed by atoms with Gasteiger partial charge in [-0.1, -0.05) is 6.07 Å². The van der Waals surface area contributed by atoms with Crippen molar-refractivity contribution in [1.82, 2.24) is 5.32 Å². The van der Waals surface area contributed by atoms with Crippen LogP contribution >= 0.6 is 0 Å². The molecule has 94 valence electrons. The van der Waals surface area contributed by atoms with Crippen LogP contribution in [0, 0.1) is 5.82 Å². The zero-order valence-electron chi connectivity index (χ0n) is 9.09. The van der Waals surface area contributed by atoms with Crippen molar-refractivity contribution in [1.29, 1.82) is 0 Å². The smallest absolute Gasteiger partial charge is 0.329 e. The fourth-order valence-corrected chi connectivity index (χ4v) is 1.70. The number of rotatable bonds is 3. The first-order chi connectivity index (χ1) is 8.49. The Morgan fingerprint density at radius 1 is 1.44 bits per heavy atom. The lowest BCUT2D eigenvalue weighted by molar-refractivity contribution is -0.139. The molecule has 2 N–H and O–H groups in total. The summed E-state index contributed by atoms with van der Waals surface area (Å²) >= 11 is 0. The maximum Gasteiger partial charge on any atom is 0.329 e. The zero-order chi connectivity index (χ0) is 13.3. The fraction of sp³-hybridized carbons (Fsp3) is 0.182. The minimum absolute atomic E-state index is 0.0744. The number of anilines is 1. The van der Waals surface area contributed by atoms with E-state index in [0.717, 1.165) is 11.0 Å². The lowest BCUT2D eigenvalue weighted by Gasteiger charge is -2.12. The van der Waals surface area contributed by atoms with Crippen molar-refractivity contribution in [3.63, 3.8) is 0 Å². The van der Waals surface area contributed by atoms with Crippen LogP contribution in [-0.4, -0.2) is 29.1 Å². The van der Waals surface area contributed by atoms with Crippen LogP contribution in [0.4, 0.5) is 14.9 Å². The van der Waals surface area contributed by atoms with Gasteiger partial charge in [-0.25, -0.2) is 14.1 Å². The molecular formula is C11H9FN2O4. The number of aliphatic carboxylic acids is 1. The number of nitrogens with zero attached hydrogens (tertiary/aromatic N) is 1. The average molecular weight is 252 g/mol. The predicted molar refractivity (Wildman–Crippen MR) is 58.5 cm³/mol. The minimum Gasteiger partial charge on any atom is -0.481 e. The Kier molecular flexibility index (Phi) is 2.97. The number of hydrogen-bond acceptors (Lipinski definition) is 3. The van der Waals surface area contributed by atoms with Crippen LogP contribution < -0.4 is 10.2 Å². The van der Waals surface area contributed by atoms with E-state index >= 15 is 0 Å². The largest absolute Gasteiger partial charge is 0.481 e. The molecule has 0 radical (unpaired) electrons. The predicted octanol–water partition coefficient (Wildman–Crippen LogP) is 0.725. The summed E-state index contributed by atoms with van der Waals surface area (Å²) in [5, 5.41) is 10.8. The number of imide groups is 1. The Hall–Kier alpha value is -2.44. The second-order valence-corrected chi connectivity index (χ2v) is 3.75. The third kappa shape index (κ3) is 2.15. The molecule has 6 nitrogen and oxygen atoms in total. The van der Waals surface area contributed by atoms with E-state index in [0.29, 0.717) is 0 Å². The van der Waals surface area contributed by atoms with Gasteiger partial charge in [0.2, 0.25) is 0 Å². The molecule has 3 amide bonds. The number of carbonyl (C=O) groups is 3. The monoisotopic (exact) mass is 252 g/mol. The van der Waals surface area contributed by atoms with Crippen LogP contribution in [-0.2, 0) is 9.59 Å². The topological polar surface area (TPSA) is 86.7 Å². The van der Waals surface area contributed by atoms with Gasteiger partial charge >= 0.3 is 12.0 Å². The molecule has 1 saturated heterocycles. The molecule has 1 fully saturated rings. The van der Waals surface area contributed by atoms with Crippen molar-refractivity contribution in [2.75, 3.05) is 4.90 Å². The number of halogens is 1. The molecule has 0 bridgehead atoms. The van der Waals surface area contributed by atoms with Gasteiger partial charge in [0, 0.05) is 0 Å². The number of benzene rings is 1. The van der Waals surface area contributed by atoms with Crippen molar-refractivity contribution in [3.8, 4) is 0 Å². The highest BCUT2D eigenvalue weighted by Gasteiger charge is 2.40. The Morgan fingerprint density at radius 3 is 2.78 bits per heavy atom. The van der Waals surface area contributed by atoms with Crippen molar-refractivity contribution < 1.29 is 23.9 Å². The molecule has 0 saturated carbocycles. The zero-order valence-corrected chi connectivity index (χ0v) is 9.09. The van der Waals surface area contributed by atoms with E-state index in [9.17, 15) is 18.8 Å². The van der Waals surface area contributed by atoms with Crippen LogP contribution in [0.25, 0.3) is 0 Å². The highest BCUT2D eigenvalue weighted by Crippen LogP contribution is 2.21. The van der Waals surface area contributed by atoms with Crippen LogP contribution in [0.2, 0.25) is 0 Å². The summed E-state index contributed by atoms with van der Waals surface area (Å²) in [5.41, 5.74) is 0.0744. The first-order valence-corrected chi connectivity index (χ1v) is 5.11. The van der Waals surface area contributed by atoms with E-state index in [1.807, 2.05) is 0 Å². The Labute approximate surface area is 101 Å². The van der Waals surface area contributed by atoms with E-state index in [-0.39, 0.29) is 5.69 Å². The SMILES string of the molecule is O=C(O)CC1NC(=O)N(c2cccc(F)c2)C1=O. The molecule has 0 aromatic heterocycles. The van der Waals surface area contributed by atoms with E-state index in [1.54, 1.807) is 0 Å². The van der Waals surface area contributed by atoms with Crippen LogP contribution in [0.5, 0.6) is 0 Å². The van der Waals surface area contributed by atoms with Crippen LogP contribution in [0.3, 0.4) is 0 Å². The standard InChI is InChI=1S/C11H9FN2O4/c12-6-2-1-3-7(4-6)14-10(17)8(5-9(15)16)13-11(14)18/h1-4,8H,5H2,(H,13,18)(H,15,16). The van der Waals surface area contributed by atoms with E-state index < -0.39 is 36.2 Å². The van der Waals surface area contributed by atoms with Gasteiger partial charge in [0.25, 0.3) is 5.91 Å². The number of hydrogen-bond donors (Lipinski definition) is 2. The number of nitrogens with one attached hydrogen (secondary N) is 1. The lowest BCUT2D eigenvalue weighted by Crippen LogP contribution is -2.32. The Balaban J connectivity index is 2.27.